The number of halogens is 1. The van der Waals surface area contributed by atoms with Gasteiger partial charge in [0.15, 0.2) is 0 Å². The lowest BCUT2D eigenvalue weighted by molar-refractivity contribution is 0.0594. The number of methoxy groups -OCH3 is 1. The Hall–Kier alpha value is -2.64. The maximum Gasteiger partial charge on any atom is 0.356 e. The summed E-state index contributed by atoms with van der Waals surface area (Å²) in [5, 5.41) is 0.727. The molecule has 0 spiro atoms. The summed E-state index contributed by atoms with van der Waals surface area (Å²) in [6.45, 7) is 1.85. The van der Waals surface area contributed by atoms with Crippen molar-refractivity contribution >= 4 is 29.3 Å². The Kier molecular flexibility index (Phi) is 6.16. The topological polar surface area (TPSA) is 88.8 Å². The summed E-state index contributed by atoms with van der Waals surface area (Å²) in [5.41, 5.74) is 8.23. The zero-order valence-electron chi connectivity index (χ0n) is 17.6. The highest BCUT2D eigenvalue weighted by molar-refractivity contribution is 6.30. The van der Waals surface area contributed by atoms with E-state index in [1.54, 1.807) is 23.2 Å². The highest BCUT2D eigenvalue weighted by Gasteiger charge is 2.41. The number of nitrogens with zero attached hydrogens (tertiary/aromatic N) is 3. The van der Waals surface area contributed by atoms with Crippen molar-refractivity contribution in [3.05, 3.63) is 58.9 Å². The third-order valence-corrected chi connectivity index (χ3v) is 6.91. The molecule has 2 heterocycles. The molecular weight excluding hydrogens is 416 g/mol. The number of carbonyl (C=O) groups excluding carboxylic acids is 2. The van der Waals surface area contributed by atoms with E-state index >= 15 is 0 Å². The number of nitrogens with two attached hydrogens (primary N) is 1. The van der Waals surface area contributed by atoms with Gasteiger partial charge in [-0.05, 0) is 55.5 Å². The molecule has 2 amide bonds. The average Bonchev–Trinajstić information content (AvgIpc) is 3.20. The molecule has 8 heteroatoms. The third-order valence-electron chi connectivity index (χ3n) is 6.68. The Morgan fingerprint density at radius 2 is 2.03 bits per heavy atom. The van der Waals surface area contributed by atoms with Crippen LogP contribution in [0, 0.1) is 0 Å². The summed E-state index contributed by atoms with van der Waals surface area (Å²) in [4.78, 5) is 32.5. The number of ether oxygens (including phenoxy) is 1. The quantitative estimate of drug-likeness (QED) is 0.714. The minimum atomic E-state index is -0.494. The maximum absolute atomic E-state index is 13.1. The number of hydrogen-bond donors (Lipinski definition) is 1. The number of aromatic nitrogens is 1. The molecule has 0 radical (unpaired) electrons. The Morgan fingerprint density at radius 3 is 2.65 bits per heavy atom. The van der Waals surface area contributed by atoms with Crippen molar-refractivity contribution in [3.8, 4) is 0 Å². The summed E-state index contributed by atoms with van der Waals surface area (Å²) in [6.07, 6.45) is 5.21. The van der Waals surface area contributed by atoms with Crippen molar-refractivity contribution in [1.82, 2.24) is 9.88 Å². The lowest BCUT2D eigenvalue weighted by Crippen LogP contribution is -2.46. The van der Waals surface area contributed by atoms with Crippen LogP contribution in [0.5, 0.6) is 0 Å². The van der Waals surface area contributed by atoms with Crippen LogP contribution in [0.15, 0.2) is 42.6 Å². The van der Waals surface area contributed by atoms with E-state index in [-0.39, 0.29) is 23.2 Å². The molecule has 1 aromatic heterocycles. The van der Waals surface area contributed by atoms with Gasteiger partial charge in [0.25, 0.3) is 0 Å². The van der Waals surface area contributed by atoms with E-state index in [1.807, 2.05) is 23.1 Å². The summed E-state index contributed by atoms with van der Waals surface area (Å²) >= 11 is 6.21. The molecule has 1 aromatic carbocycles. The first-order valence-corrected chi connectivity index (χ1v) is 10.9. The number of anilines is 1. The van der Waals surface area contributed by atoms with Crippen molar-refractivity contribution in [2.75, 3.05) is 31.6 Å². The van der Waals surface area contributed by atoms with E-state index in [0.717, 1.165) is 30.7 Å². The number of esters is 1. The Balaban J connectivity index is 1.43. The summed E-state index contributed by atoms with van der Waals surface area (Å²) < 4.78 is 4.68. The van der Waals surface area contributed by atoms with E-state index in [9.17, 15) is 9.59 Å². The van der Waals surface area contributed by atoms with Crippen molar-refractivity contribution < 1.29 is 14.3 Å². The summed E-state index contributed by atoms with van der Waals surface area (Å²) in [6, 6.07) is 11.5. The minimum Gasteiger partial charge on any atom is -0.464 e. The number of urea groups is 1. The molecule has 0 bridgehead atoms. The van der Waals surface area contributed by atoms with Gasteiger partial charge in [0, 0.05) is 36.1 Å². The smallest absolute Gasteiger partial charge is 0.356 e. The third kappa shape index (κ3) is 4.12. The molecule has 2 N–H and O–H groups in total. The number of amides is 2. The van der Waals surface area contributed by atoms with Crippen LogP contribution in [0.4, 0.5) is 10.5 Å². The molecule has 2 fully saturated rings. The average molecular weight is 443 g/mol. The van der Waals surface area contributed by atoms with Gasteiger partial charge < -0.3 is 15.4 Å². The first-order chi connectivity index (χ1) is 15.0. The molecule has 7 nitrogen and oxygen atoms in total. The first kappa shape index (κ1) is 21.6. The van der Waals surface area contributed by atoms with E-state index in [1.165, 1.54) is 12.7 Å². The SMILES string of the molecule is COC(=O)c1ccc(N2CCN(C3CCC(CN)(c4cccc(Cl)c4)CC3)C2=O)cn1. The second-order valence-corrected chi connectivity index (χ2v) is 8.68. The molecule has 1 saturated carbocycles. The van der Waals surface area contributed by atoms with Gasteiger partial charge in [0.1, 0.15) is 5.69 Å². The molecule has 0 unspecified atom stereocenters. The summed E-state index contributed by atoms with van der Waals surface area (Å²) in [7, 11) is 1.32. The van der Waals surface area contributed by atoms with Crippen molar-refractivity contribution in [2.45, 2.75) is 37.1 Å². The van der Waals surface area contributed by atoms with Crippen LogP contribution in [-0.2, 0) is 10.2 Å². The lowest BCUT2D eigenvalue weighted by Gasteiger charge is -2.42. The second-order valence-electron chi connectivity index (χ2n) is 8.25. The fourth-order valence-electron chi connectivity index (χ4n) is 4.80. The number of rotatable bonds is 5. The molecule has 2 aliphatic rings. The van der Waals surface area contributed by atoms with E-state index in [0.29, 0.717) is 25.3 Å². The Bertz CT molecular complexity index is 958. The van der Waals surface area contributed by atoms with Gasteiger partial charge in [-0.25, -0.2) is 14.6 Å². The number of benzene rings is 1. The van der Waals surface area contributed by atoms with E-state index < -0.39 is 5.97 Å². The maximum atomic E-state index is 13.1. The molecule has 31 heavy (non-hydrogen) atoms. The van der Waals surface area contributed by atoms with Crippen LogP contribution < -0.4 is 10.6 Å². The molecule has 1 aliphatic heterocycles. The van der Waals surface area contributed by atoms with Crippen molar-refractivity contribution in [2.24, 2.45) is 5.73 Å². The van der Waals surface area contributed by atoms with Crippen LogP contribution in [0.1, 0.15) is 41.7 Å². The first-order valence-electron chi connectivity index (χ1n) is 10.6. The zero-order chi connectivity index (χ0) is 22.0. The van der Waals surface area contributed by atoms with E-state index in [2.05, 4.69) is 15.8 Å². The van der Waals surface area contributed by atoms with Crippen molar-refractivity contribution in [1.29, 1.82) is 0 Å². The highest BCUT2D eigenvalue weighted by Crippen LogP contribution is 2.41. The standard InChI is InChI=1S/C23H27ClN4O3/c1-31-21(29)20-6-5-19(14-26-20)28-12-11-27(22(28)30)18-7-9-23(15-25,10-8-18)16-3-2-4-17(24)13-16/h2-6,13-14,18H,7-12,15,25H2,1H3. The number of hydrogen-bond acceptors (Lipinski definition) is 5. The van der Waals surface area contributed by atoms with Crippen LogP contribution in [0.3, 0.4) is 0 Å². The van der Waals surface area contributed by atoms with Crippen LogP contribution in [0.2, 0.25) is 5.02 Å². The molecule has 164 valence electrons. The van der Waals surface area contributed by atoms with Crippen LogP contribution in [0.25, 0.3) is 0 Å². The van der Waals surface area contributed by atoms with Gasteiger partial charge in [-0.1, -0.05) is 23.7 Å². The molecular formula is C23H27ClN4O3. The molecule has 2 aromatic rings. The van der Waals surface area contributed by atoms with Gasteiger partial charge in [0.05, 0.1) is 19.0 Å². The summed E-state index contributed by atoms with van der Waals surface area (Å²) in [5.74, 6) is -0.494. The van der Waals surface area contributed by atoms with Gasteiger partial charge in [-0.2, -0.15) is 0 Å². The van der Waals surface area contributed by atoms with Crippen LogP contribution in [-0.4, -0.2) is 54.7 Å². The largest absolute Gasteiger partial charge is 0.464 e. The fraction of sp³-hybridized carbons (Fsp3) is 0.435. The molecule has 1 aliphatic carbocycles. The second kappa shape index (κ2) is 8.85. The highest BCUT2D eigenvalue weighted by atomic mass is 35.5. The van der Waals surface area contributed by atoms with Gasteiger partial charge in [-0.15, -0.1) is 0 Å². The fourth-order valence-corrected chi connectivity index (χ4v) is 4.99. The minimum absolute atomic E-state index is 0.0133. The normalized spacial score (nSPS) is 23.8. The number of carbonyl (C=O) groups is 2. The van der Waals surface area contributed by atoms with Gasteiger partial charge >= 0.3 is 12.0 Å². The number of pyridine rings is 1. The van der Waals surface area contributed by atoms with Crippen LogP contribution >= 0.6 is 11.6 Å². The Labute approximate surface area is 187 Å². The van der Waals surface area contributed by atoms with Crippen molar-refractivity contribution in [3.63, 3.8) is 0 Å². The Morgan fingerprint density at radius 1 is 1.26 bits per heavy atom. The molecule has 1 saturated heterocycles. The van der Waals surface area contributed by atoms with Gasteiger partial charge in [-0.3, -0.25) is 4.90 Å². The molecule has 4 rings (SSSR count). The predicted octanol–water partition coefficient (Wildman–Crippen LogP) is 3.60. The molecule has 0 atom stereocenters. The monoisotopic (exact) mass is 442 g/mol. The lowest BCUT2D eigenvalue weighted by atomic mass is 9.68. The zero-order valence-corrected chi connectivity index (χ0v) is 18.3. The predicted molar refractivity (Wildman–Crippen MR) is 119 cm³/mol. The van der Waals surface area contributed by atoms with Gasteiger partial charge in [0.2, 0.25) is 0 Å². The van der Waals surface area contributed by atoms with E-state index in [4.69, 9.17) is 17.3 Å².